The number of rotatable bonds is 5. The average molecular weight is 336 g/mol. The molecule has 1 aliphatic heterocycles. The molecule has 0 spiro atoms. The minimum atomic E-state index is 0.305. The quantitative estimate of drug-likeness (QED) is 0.763. The second-order valence-corrected chi connectivity index (χ2v) is 7.12. The molecule has 1 atom stereocenters. The fraction of sp³-hybridized carbons (Fsp3) is 0.263. The highest BCUT2D eigenvalue weighted by Crippen LogP contribution is 2.27. The molecule has 1 N–H and O–H groups in total. The summed E-state index contributed by atoms with van der Waals surface area (Å²) in [6.45, 7) is 1.84. The van der Waals surface area contributed by atoms with Crippen LogP contribution < -0.4 is 5.32 Å². The van der Waals surface area contributed by atoms with Crippen molar-refractivity contribution in [2.24, 2.45) is 0 Å². The molecule has 24 heavy (non-hydrogen) atoms. The average Bonchev–Trinajstić information content (AvgIpc) is 3.11. The molecule has 3 aromatic rings. The highest BCUT2D eigenvalue weighted by molar-refractivity contribution is 7.99. The lowest BCUT2D eigenvalue weighted by atomic mass is 10.1. The van der Waals surface area contributed by atoms with E-state index in [1.165, 1.54) is 15.4 Å². The first-order chi connectivity index (χ1) is 11.9. The van der Waals surface area contributed by atoms with Gasteiger partial charge in [0.25, 0.3) is 0 Å². The number of benzene rings is 2. The van der Waals surface area contributed by atoms with Crippen molar-refractivity contribution in [3.8, 4) is 0 Å². The van der Waals surface area contributed by atoms with Gasteiger partial charge < -0.3 is 5.32 Å². The zero-order valence-corrected chi connectivity index (χ0v) is 14.2. The van der Waals surface area contributed by atoms with Gasteiger partial charge in [-0.15, -0.1) is 0 Å². The smallest absolute Gasteiger partial charge is 0.143 e. The van der Waals surface area contributed by atoms with E-state index in [1.54, 1.807) is 18.1 Å². The molecule has 0 saturated carbocycles. The maximum atomic E-state index is 4.40. The van der Waals surface area contributed by atoms with Crippen molar-refractivity contribution in [1.29, 1.82) is 0 Å². The molecule has 2 heterocycles. The highest BCUT2D eigenvalue weighted by atomic mass is 32.2. The number of hydrogen-bond acceptors (Lipinski definition) is 4. The van der Waals surface area contributed by atoms with E-state index in [0.29, 0.717) is 6.04 Å². The fourth-order valence-electron chi connectivity index (χ4n) is 3.02. The first kappa shape index (κ1) is 15.4. The lowest BCUT2D eigenvalue weighted by Crippen LogP contribution is -2.28. The van der Waals surface area contributed by atoms with Crippen LogP contribution >= 0.6 is 11.8 Å². The van der Waals surface area contributed by atoms with Gasteiger partial charge in [-0.25, -0.2) is 9.67 Å². The Labute approximate surface area is 146 Å². The molecule has 0 fully saturated rings. The van der Waals surface area contributed by atoms with E-state index in [-0.39, 0.29) is 0 Å². The van der Waals surface area contributed by atoms with Gasteiger partial charge >= 0.3 is 0 Å². The molecule has 0 unspecified atom stereocenters. The third-order valence-electron chi connectivity index (χ3n) is 4.27. The van der Waals surface area contributed by atoms with Gasteiger partial charge in [0.1, 0.15) is 12.2 Å². The van der Waals surface area contributed by atoms with E-state index >= 15 is 0 Å². The summed E-state index contributed by atoms with van der Waals surface area (Å²) in [5.41, 5.74) is 1.30. The molecular formula is C19H20N4S. The Morgan fingerprint density at radius 1 is 1.04 bits per heavy atom. The van der Waals surface area contributed by atoms with Gasteiger partial charge in [-0.1, -0.05) is 42.1 Å². The van der Waals surface area contributed by atoms with E-state index in [0.717, 1.165) is 31.8 Å². The number of aromatic nitrogens is 3. The van der Waals surface area contributed by atoms with Gasteiger partial charge in [-0.3, -0.25) is 0 Å². The van der Waals surface area contributed by atoms with Crippen molar-refractivity contribution in [1.82, 2.24) is 20.1 Å². The van der Waals surface area contributed by atoms with Crippen LogP contribution in [0.3, 0.4) is 0 Å². The van der Waals surface area contributed by atoms with Crippen LogP contribution in [0.1, 0.15) is 30.3 Å². The van der Waals surface area contributed by atoms with Gasteiger partial charge in [-0.05, 0) is 42.7 Å². The maximum Gasteiger partial charge on any atom is 0.143 e. The zero-order valence-electron chi connectivity index (χ0n) is 13.4. The SMILES string of the molecule is c1ccc(Sc2ccc(CN[C@H]3CCCn4ncnc43)cc2)cc1. The van der Waals surface area contributed by atoms with Crippen molar-refractivity contribution >= 4 is 11.8 Å². The van der Waals surface area contributed by atoms with E-state index < -0.39 is 0 Å². The molecule has 0 saturated heterocycles. The van der Waals surface area contributed by atoms with Crippen LogP contribution in [0.4, 0.5) is 0 Å². The van der Waals surface area contributed by atoms with Crippen LogP contribution in [-0.4, -0.2) is 14.8 Å². The first-order valence-corrected chi connectivity index (χ1v) is 9.13. The van der Waals surface area contributed by atoms with E-state index in [9.17, 15) is 0 Å². The van der Waals surface area contributed by atoms with Crippen molar-refractivity contribution in [3.63, 3.8) is 0 Å². The summed E-state index contributed by atoms with van der Waals surface area (Å²) in [4.78, 5) is 6.93. The second kappa shape index (κ2) is 7.20. The zero-order chi connectivity index (χ0) is 16.2. The summed E-state index contributed by atoms with van der Waals surface area (Å²) in [5.74, 6) is 1.07. The molecule has 2 aromatic carbocycles. The van der Waals surface area contributed by atoms with Crippen LogP contribution in [0.2, 0.25) is 0 Å². The largest absolute Gasteiger partial charge is 0.303 e. The molecule has 0 aliphatic carbocycles. The second-order valence-electron chi connectivity index (χ2n) is 5.98. The number of hydrogen-bond donors (Lipinski definition) is 1. The number of aryl methyl sites for hydroxylation is 1. The summed E-state index contributed by atoms with van der Waals surface area (Å²) >= 11 is 1.79. The van der Waals surface area contributed by atoms with Gasteiger partial charge in [0.2, 0.25) is 0 Å². The van der Waals surface area contributed by atoms with Gasteiger partial charge in [-0.2, -0.15) is 5.10 Å². The molecule has 122 valence electrons. The minimum absolute atomic E-state index is 0.305. The van der Waals surface area contributed by atoms with Crippen molar-refractivity contribution < 1.29 is 0 Å². The third kappa shape index (κ3) is 3.52. The van der Waals surface area contributed by atoms with E-state index in [2.05, 4.69) is 63.9 Å². The Morgan fingerprint density at radius 3 is 2.67 bits per heavy atom. The summed E-state index contributed by atoms with van der Waals surface area (Å²) in [6, 6.07) is 19.6. The van der Waals surface area contributed by atoms with Crippen LogP contribution in [0.5, 0.6) is 0 Å². The Kier molecular flexibility index (Phi) is 4.62. The first-order valence-electron chi connectivity index (χ1n) is 8.31. The van der Waals surface area contributed by atoms with Crippen LogP contribution in [0, 0.1) is 0 Å². The van der Waals surface area contributed by atoms with Gasteiger partial charge in [0.05, 0.1) is 6.04 Å². The molecular weight excluding hydrogens is 316 g/mol. The molecule has 0 radical (unpaired) electrons. The summed E-state index contributed by atoms with van der Waals surface area (Å²) in [6.07, 6.45) is 3.94. The Balaban J connectivity index is 1.36. The molecule has 1 aromatic heterocycles. The summed E-state index contributed by atoms with van der Waals surface area (Å²) in [5, 5.41) is 7.90. The third-order valence-corrected chi connectivity index (χ3v) is 5.29. The topological polar surface area (TPSA) is 42.7 Å². The number of fused-ring (bicyclic) bond motifs is 1. The van der Waals surface area contributed by atoms with Crippen LogP contribution in [0.25, 0.3) is 0 Å². The molecule has 0 bridgehead atoms. The Bertz CT molecular complexity index is 783. The van der Waals surface area contributed by atoms with Gasteiger partial charge in [0.15, 0.2) is 0 Å². The number of nitrogens with zero attached hydrogens (tertiary/aromatic N) is 3. The van der Waals surface area contributed by atoms with E-state index in [1.807, 2.05) is 10.7 Å². The Morgan fingerprint density at radius 2 is 1.83 bits per heavy atom. The Hall–Kier alpha value is -2.11. The monoisotopic (exact) mass is 336 g/mol. The maximum absolute atomic E-state index is 4.40. The molecule has 0 amide bonds. The van der Waals surface area contributed by atoms with E-state index in [4.69, 9.17) is 0 Å². The van der Waals surface area contributed by atoms with Crippen molar-refractivity contribution in [3.05, 3.63) is 72.3 Å². The number of nitrogens with one attached hydrogen (secondary N) is 1. The predicted molar refractivity (Wildman–Crippen MR) is 95.8 cm³/mol. The standard InChI is InChI=1S/C19H20N4S/c1-2-5-16(6-3-1)24-17-10-8-15(9-11-17)13-20-18-7-4-12-23-19(18)21-14-22-23/h1-3,5-6,8-11,14,18,20H,4,7,12-13H2/t18-/m0/s1. The molecule has 4 nitrogen and oxygen atoms in total. The summed E-state index contributed by atoms with van der Waals surface area (Å²) < 4.78 is 2.01. The molecule has 5 heteroatoms. The lowest BCUT2D eigenvalue weighted by molar-refractivity contribution is 0.366. The van der Waals surface area contributed by atoms with Crippen LogP contribution in [0.15, 0.2) is 70.7 Å². The van der Waals surface area contributed by atoms with Gasteiger partial charge in [0, 0.05) is 22.9 Å². The minimum Gasteiger partial charge on any atom is -0.303 e. The van der Waals surface area contributed by atoms with Crippen molar-refractivity contribution in [2.45, 2.75) is 41.8 Å². The van der Waals surface area contributed by atoms with Crippen LogP contribution in [-0.2, 0) is 13.1 Å². The summed E-state index contributed by atoms with van der Waals surface area (Å²) in [7, 11) is 0. The highest BCUT2D eigenvalue weighted by Gasteiger charge is 2.21. The lowest BCUT2D eigenvalue weighted by Gasteiger charge is -2.23. The fourth-order valence-corrected chi connectivity index (χ4v) is 3.86. The normalized spacial score (nSPS) is 16.8. The molecule has 1 aliphatic rings. The predicted octanol–water partition coefficient (Wildman–Crippen LogP) is 4.05. The molecule has 4 rings (SSSR count). The van der Waals surface area contributed by atoms with Crippen molar-refractivity contribution in [2.75, 3.05) is 0 Å².